The standard InChI is InChI=1S/C28H43NO2/c1-4-7-19-28(30,20-8-5-2)27(29-21-9-6-3)22-24-15-17-26(18-16-24)31-23-25-13-11-10-12-14-25/h10-18,27,29-30H,4-9,19-23H2,1-3H3/t27-/m0/s1. The topological polar surface area (TPSA) is 41.5 Å². The normalized spacial score (nSPS) is 12.6. The molecule has 0 saturated carbocycles. The number of unbranched alkanes of at least 4 members (excludes halogenated alkanes) is 3. The van der Waals surface area contributed by atoms with Crippen molar-refractivity contribution in [3.63, 3.8) is 0 Å². The van der Waals surface area contributed by atoms with E-state index in [2.05, 4.69) is 62.5 Å². The molecule has 0 aliphatic carbocycles. The molecule has 0 fully saturated rings. The number of ether oxygens (including phenoxy) is 1. The minimum absolute atomic E-state index is 0.0771. The molecule has 0 aliphatic heterocycles. The quantitative estimate of drug-likeness (QED) is 0.295. The molecule has 0 heterocycles. The van der Waals surface area contributed by atoms with Crippen molar-refractivity contribution in [1.82, 2.24) is 5.32 Å². The first-order chi connectivity index (χ1) is 15.1. The fraction of sp³-hybridized carbons (Fsp3) is 0.571. The second-order valence-corrected chi connectivity index (χ2v) is 8.79. The van der Waals surface area contributed by atoms with Crippen molar-refractivity contribution in [2.75, 3.05) is 6.54 Å². The van der Waals surface area contributed by atoms with E-state index in [1.165, 1.54) is 11.1 Å². The molecular formula is C28H43NO2. The van der Waals surface area contributed by atoms with Gasteiger partial charge in [-0.05, 0) is 55.5 Å². The number of nitrogens with one attached hydrogen (secondary N) is 1. The Morgan fingerprint density at radius 3 is 2.00 bits per heavy atom. The van der Waals surface area contributed by atoms with Crippen LogP contribution in [0.2, 0.25) is 0 Å². The van der Waals surface area contributed by atoms with Gasteiger partial charge in [0.05, 0.1) is 5.60 Å². The highest BCUT2D eigenvalue weighted by molar-refractivity contribution is 5.28. The second kappa shape index (κ2) is 14.3. The molecule has 2 rings (SSSR count). The minimum Gasteiger partial charge on any atom is -0.489 e. The van der Waals surface area contributed by atoms with Crippen LogP contribution in [0, 0.1) is 0 Å². The van der Waals surface area contributed by atoms with Crippen LogP contribution in [0.3, 0.4) is 0 Å². The summed E-state index contributed by atoms with van der Waals surface area (Å²) in [5, 5.41) is 15.4. The summed E-state index contributed by atoms with van der Waals surface area (Å²) < 4.78 is 5.94. The molecule has 0 aliphatic rings. The molecule has 172 valence electrons. The Labute approximate surface area is 190 Å². The smallest absolute Gasteiger partial charge is 0.119 e. The lowest BCUT2D eigenvalue weighted by Gasteiger charge is -2.38. The minimum atomic E-state index is -0.651. The van der Waals surface area contributed by atoms with Crippen LogP contribution in [0.1, 0.15) is 83.3 Å². The van der Waals surface area contributed by atoms with E-state index in [4.69, 9.17) is 4.74 Å². The zero-order valence-electron chi connectivity index (χ0n) is 19.9. The summed E-state index contributed by atoms with van der Waals surface area (Å²) in [7, 11) is 0. The van der Waals surface area contributed by atoms with Crippen LogP contribution >= 0.6 is 0 Å². The third-order valence-corrected chi connectivity index (χ3v) is 6.11. The van der Waals surface area contributed by atoms with Gasteiger partial charge in [-0.3, -0.25) is 0 Å². The highest BCUT2D eigenvalue weighted by Gasteiger charge is 2.35. The summed E-state index contributed by atoms with van der Waals surface area (Å²) >= 11 is 0. The van der Waals surface area contributed by atoms with Gasteiger partial charge in [0, 0.05) is 6.04 Å². The maximum absolute atomic E-state index is 11.7. The highest BCUT2D eigenvalue weighted by atomic mass is 16.5. The number of hydrogen-bond donors (Lipinski definition) is 2. The average molecular weight is 426 g/mol. The number of aliphatic hydroxyl groups is 1. The van der Waals surface area contributed by atoms with Crippen molar-refractivity contribution < 1.29 is 9.84 Å². The van der Waals surface area contributed by atoms with Crippen LogP contribution in [-0.4, -0.2) is 23.3 Å². The van der Waals surface area contributed by atoms with Crippen LogP contribution in [0.15, 0.2) is 54.6 Å². The first kappa shape index (κ1) is 25.4. The molecule has 3 nitrogen and oxygen atoms in total. The van der Waals surface area contributed by atoms with Crippen LogP contribution in [0.4, 0.5) is 0 Å². The fourth-order valence-electron chi connectivity index (χ4n) is 4.04. The first-order valence-electron chi connectivity index (χ1n) is 12.3. The SMILES string of the molecule is CCCCN[C@@H](Cc1ccc(OCc2ccccc2)cc1)C(O)(CCCC)CCCC. The van der Waals surface area contributed by atoms with Gasteiger partial charge in [0.1, 0.15) is 12.4 Å². The van der Waals surface area contributed by atoms with Gasteiger partial charge >= 0.3 is 0 Å². The maximum Gasteiger partial charge on any atom is 0.119 e. The van der Waals surface area contributed by atoms with Gasteiger partial charge in [0.25, 0.3) is 0 Å². The molecule has 2 aromatic rings. The Bertz CT molecular complexity index is 691. The highest BCUT2D eigenvalue weighted by Crippen LogP contribution is 2.28. The van der Waals surface area contributed by atoms with Crippen LogP contribution in [-0.2, 0) is 13.0 Å². The van der Waals surface area contributed by atoms with Gasteiger partial charge in [-0.15, -0.1) is 0 Å². The van der Waals surface area contributed by atoms with Gasteiger partial charge in [-0.1, -0.05) is 95.3 Å². The monoisotopic (exact) mass is 425 g/mol. The molecule has 3 heteroatoms. The Morgan fingerprint density at radius 1 is 0.806 bits per heavy atom. The Morgan fingerprint density at radius 2 is 1.42 bits per heavy atom. The molecular weight excluding hydrogens is 382 g/mol. The van der Waals surface area contributed by atoms with Crippen molar-refractivity contribution >= 4 is 0 Å². The summed E-state index contributed by atoms with van der Waals surface area (Å²) in [5.41, 5.74) is 1.76. The molecule has 0 bridgehead atoms. The number of rotatable bonds is 16. The third-order valence-electron chi connectivity index (χ3n) is 6.11. The van der Waals surface area contributed by atoms with E-state index in [0.717, 1.165) is 70.1 Å². The Balaban J connectivity index is 2.05. The number of hydrogen-bond acceptors (Lipinski definition) is 3. The lowest BCUT2D eigenvalue weighted by Crippen LogP contribution is -2.52. The van der Waals surface area contributed by atoms with E-state index in [1.807, 2.05) is 18.2 Å². The van der Waals surface area contributed by atoms with Crippen molar-refractivity contribution in [1.29, 1.82) is 0 Å². The summed E-state index contributed by atoms with van der Waals surface area (Å²) in [5.74, 6) is 0.885. The molecule has 2 aromatic carbocycles. The molecule has 2 N–H and O–H groups in total. The summed E-state index contributed by atoms with van der Waals surface area (Å²) in [6.07, 6.45) is 9.24. The van der Waals surface area contributed by atoms with E-state index in [0.29, 0.717) is 6.61 Å². The molecule has 0 spiro atoms. The predicted octanol–water partition coefficient (Wildman–Crippen LogP) is 6.68. The lowest BCUT2D eigenvalue weighted by atomic mass is 9.81. The molecule has 0 aromatic heterocycles. The van der Waals surface area contributed by atoms with E-state index in [-0.39, 0.29) is 6.04 Å². The van der Waals surface area contributed by atoms with Gasteiger partial charge in [-0.25, -0.2) is 0 Å². The molecule has 0 amide bonds. The summed E-state index contributed by atoms with van der Waals surface area (Å²) in [4.78, 5) is 0. The van der Waals surface area contributed by atoms with E-state index < -0.39 is 5.60 Å². The largest absolute Gasteiger partial charge is 0.489 e. The van der Waals surface area contributed by atoms with Crippen molar-refractivity contribution in [3.05, 3.63) is 65.7 Å². The van der Waals surface area contributed by atoms with Crippen molar-refractivity contribution in [3.8, 4) is 5.75 Å². The predicted molar refractivity (Wildman–Crippen MR) is 132 cm³/mol. The molecule has 31 heavy (non-hydrogen) atoms. The zero-order valence-corrected chi connectivity index (χ0v) is 19.9. The maximum atomic E-state index is 11.7. The van der Waals surface area contributed by atoms with Crippen LogP contribution < -0.4 is 10.1 Å². The van der Waals surface area contributed by atoms with Crippen molar-refractivity contribution in [2.24, 2.45) is 0 Å². The Hall–Kier alpha value is -1.84. The summed E-state index contributed by atoms with van der Waals surface area (Å²) in [6.45, 7) is 8.16. The molecule has 0 radical (unpaired) electrons. The summed E-state index contributed by atoms with van der Waals surface area (Å²) in [6, 6.07) is 18.7. The lowest BCUT2D eigenvalue weighted by molar-refractivity contribution is -0.0179. The zero-order chi connectivity index (χ0) is 22.4. The molecule has 1 atom stereocenters. The van der Waals surface area contributed by atoms with Gasteiger partial charge in [0.2, 0.25) is 0 Å². The van der Waals surface area contributed by atoms with Crippen LogP contribution in [0.25, 0.3) is 0 Å². The van der Waals surface area contributed by atoms with Crippen molar-refractivity contribution in [2.45, 2.75) is 96.8 Å². The van der Waals surface area contributed by atoms with Gasteiger partial charge < -0.3 is 15.2 Å². The fourth-order valence-corrected chi connectivity index (χ4v) is 4.04. The third kappa shape index (κ3) is 9.04. The molecule has 0 unspecified atom stereocenters. The molecule has 0 saturated heterocycles. The second-order valence-electron chi connectivity index (χ2n) is 8.79. The first-order valence-corrected chi connectivity index (χ1v) is 12.3. The van der Waals surface area contributed by atoms with E-state index in [1.54, 1.807) is 0 Å². The average Bonchev–Trinajstić information content (AvgIpc) is 2.81. The van der Waals surface area contributed by atoms with Gasteiger partial charge in [0.15, 0.2) is 0 Å². The number of benzene rings is 2. The van der Waals surface area contributed by atoms with E-state index in [9.17, 15) is 5.11 Å². The van der Waals surface area contributed by atoms with Gasteiger partial charge in [-0.2, -0.15) is 0 Å². The van der Waals surface area contributed by atoms with Crippen LogP contribution in [0.5, 0.6) is 5.75 Å². The van der Waals surface area contributed by atoms with E-state index >= 15 is 0 Å². The Kier molecular flexibility index (Phi) is 11.7.